The van der Waals surface area contributed by atoms with E-state index in [1.165, 1.54) is 0 Å². The Morgan fingerprint density at radius 1 is 1.22 bits per heavy atom. The zero-order valence-electron chi connectivity index (χ0n) is 15.3. The van der Waals surface area contributed by atoms with Gasteiger partial charge in [0.1, 0.15) is 11.6 Å². The predicted octanol–water partition coefficient (Wildman–Crippen LogP) is 2.59. The van der Waals surface area contributed by atoms with E-state index in [1.807, 2.05) is 64.8 Å². The Labute approximate surface area is 156 Å². The normalized spacial score (nSPS) is 11.2. The Hall–Kier alpha value is -3.35. The highest BCUT2D eigenvalue weighted by atomic mass is 16.5. The SMILES string of the molecule is COc1ccc2c(c1)c(C(=O)NCCCc1nnc3ccccn13)cn2C. The average molecular weight is 363 g/mol. The minimum absolute atomic E-state index is 0.0834. The number of amides is 1. The highest BCUT2D eigenvalue weighted by Crippen LogP contribution is 2.25. The van der Waals surface area contributed by atoms with Gasteiger partial charge >= 0.3 is 0 Å². The second-order valence-electron chi connectivity index (χ2n) is 6.44. The molecule has 1 N–H and O–H groups in total. The zero-order chi connectivity index (χ0) is 18.8. The molecule has 0 spiro atoms. The molecule has 1 amide bonds. The van der Waals surface area contributed by atoms with Crippen molar-refractivity contribution in [1.82, 2.24) is 24.5 Å². The molecule has 27 heavy (non-hydrogen) atoms. The van der Waals surface area contributed by atoms with Crippen molar-refractivity contribution in [1.29, 1.82) is 0 Å². The summed E-state index contributed by atoms with van der Waals surface area (Å²) in [6, 6.07) is 11.6. The first-order valence-corrected chi connectivity index (χ1v) is 8.87. The summed E-state index contributed by atoms with van der Waals surface area (Å²) in [4.78, 5) is 12.6. The molecule has 138 valence electrons. The largest absolute Gasteiger partial charge is 0.497 e. The number of carbonyl (C=O) groups is 1. The summed E-state index contributed by atoms with van der Waals surface area (Å²) in [5.74, 6) is 1.55. The minimum Gasteiger partial charge on any atom is -0.497 e. The lowest BCUT2D eigenvalue weighted by Crippen LogP contribution is -2.24. The van der Waals surface area contributed by atoms with E-state index in [0.29, 0.717) is 12.1 Å². The van der Waals surface area contributed by atoms with Gasteiger partial charge in [-0.2, -0.15) is 0 Å². The van der Waals surface area contributed by atoms with E-state index in [4.69, 9.17) is 4.74 Å². The van der Waals surface area contributed by atoms with E-state index in [-0.39, 0.29) is 5.91 Å². The lowest BCUT2D eigenvalue weighted by Gasteiger charge is -2.05. The fourth-order valence-corrected chi connectivity index (χ4v) is 3.28. The number of hydrogen-bond donors (Lipinski definition) is 1. The minimum atomic E-state index is -0.0834. The Kier molecular flexibility index (Phi) is 4.50. The molecule has 4 aromatic rings. The molecule has 0 atom stereocenters. The van der Waals surface area contributed by atoms with Gasteiger partial charge in [-0.15, -0.1) is 10.2 Å². The van der Waals surface area contributed by atoms with Crippen LogP contribution in [0.4, 0.5) is 0 Å². The summed E-state index contributed by atoms with van der Waals surface area (Å²) in [5, 5.41) is 12.2. The van der Waals surface area contributed by atoms with Crippen molar-refractivity contribution in [3.8, 4) is 5.75 Å². The number of hydrogen-bond acceptors (Lipinski definition) is 4. The third-order valence-corrected chi connectivity index (χ3v) is 4.69. The molecule has 1 aromatic carbocycles. The fourth-order valence-electron chi connectivity index (χ4n) is 3.28. The quantitative estimate of drug-likeness (QED) is 0.535. The van der Waals surface area contributed by atoms with Gasteiger partial charge in [-0.3, -0.25) is 9.20 Å². The van der Waals surface area contributed by atoms with Crippen LogP contribution in [0.3, 0.4) is 0 Å². The maximum absolute atomic E-state index is 12.6. The van der Waals surface area contributed by atoms with Crippen molar-refractivity contribution in [2.45, 2.75) is 12.8 Å². The van der Waals surface area contributed by atoms with E-state index in [0.717, 1.165) is 41.0 Å². The Morgan fingerprint density at radius 3 is 2.96 bits per heavy atom. The maximum atomic E-state index is 12.6. The third kappa shape index (κ3) is 3.23. The first kappa shape index (κ1) is 17.1. The van der Waals surface area contributed by atoms with Crippen LogP contribution in [-0.2, 0) is 13.5 Å². The van der Waals surface area contributed by atoms with Gasteiger partial charge < -0.3 is 14.6 Å². The van der Waals surface area contributed by atoms with Crippen molar-refractivity contribution in [2.75, 3.05) is 13.7 Å². The van der Waals surface area contributed by atoms with Gasteiger partial charge in [-0.25, -0.2) is 0 Å². The molecule has 7 nitrogen and oxygen atoms in total. The summed E-state index contributed by atoms with van der Waals surface area (Å²) in [7, 11) is 3.56. The van der Waals surface area contributed by atoms with E-state index >= 15 is 0 Å². The third-order valence-electron chi connectivity index (χ3n) is 4.69. The van der Waals surface area contributed by atoms with Crippen molar-refractivity contribution in [2.24, 2.45) is 7.05 Å². The molecule has 0 saturated carbocycles. The van der Waals surface area contributed by atoms with Gasteiger partial charge in [-0.05, 0) is 36.8 Å². The summed E-state index contributed by atoms with van der Waals surface area (Å²) in [5.41, 5.74) is 2.48. The molecule has 0 saturated heterocycles. The number of pyridine rings is 1. The van der Waals surface area contributed by atoms with E-state index < -0.39 is 0 Å². The van der Waals surface area contributed by atoms with Gasteiger partial charge in [0.25, 0.3) is 5.91 Å². The fraction of sp³-hybridized carbons (Fsp3) is 0.250. The molecule has 0 fully saturated rings. The molecule has 0 bridgehead atoms. The highest BCUT2D eigenvalue weighted by molar-refractivity contribution is 6.07. The Morgan fingerprint density at radius 2 is 2.11 bits per heavy atom. The number of nitrogens with one attached hydrogen (secondary N) is 1. The van der Waals surface area contributed by atoms with Gasteiger partial charge in [0.05, 0.1) is 12.7 Å². The van der Waals surface area contributed by atoms with Crippen LogP contribution < -0.4 is 10.1 Å². The number of nitrogens with zero attached hydrogens (tertiary/aromatic N) is 4. The first-order valence-electron chi connectivity index (χ1n) is 8.87. The Bertz CT molecular complexity index is 1110. The standard InChI is InChI=1S/C20H21N5O2/c1-24-13-16(15-12-14(27-2)8-9-17(15)24)20(26)21-10-5-7-19-23-22-18-6-3-4-11-25(18)19/h3-4,6,8-9,11-13H,5,7,10H2,1-2H3,(H,21,26). The van der Waals surface area contributed by atoms with Gasteiger partial charge in [0, 0.05) is 43.3 Å². The molecule has 4 rings (SSSR count). The first-order chi connectivity index (χ1) is 13.2. The summed E-state index contributed by atoms with van der Waals surface area (Å²) in [6.45, 7) is 0.570. The average Bonchev–Trinajstić information content (AvgIpc) is 3.26. The second kappa shape index (κ2) is 7.11. The van der Waals surface area contributed by atoms with Crippen LogP contribution >= 0.6 is 0 Å². The van der Waals surface area contributed by atoms with Crippen LogP contribution in [0.2, 0.25) is 0 Å². The number of methoxy groups -OCH3 is 1. The predicted molar refractivity (Wildman–Crippen MR) is 103 cm³/mol. The van der Waals surface area contributed by atoms with E-state index in [9.17, 15) is 4.79 Å². The second-order valence-corrected chi connectivity index (χ2v) is 6.44. The topological polar surface area (TPSA) is 73.4 Å². The molecule has 7 heteroatoms. The van der Waals surface area contributed by atoms with E-state index in [1.54, 1.807) is 7.11 Å². The number of benzene rings is 1. The summed E-state index contributed by atoms with van der Waals surface area (Å²) < 4.78 is 9.21. The van der Waals surface area contributed by atoms with E-state index in [2.05, 4.69) is 15.5 Å². The Balaban J connectivity index is 1.42. The molecule has 0 unspecified atom stereocenters. The van der Waals surface area contributed by atoms with Crippen LogP contribution in [0.15, 0.2) is 48.8 Å². The van der Waals surface area contributed by atoms with Crippen LogP contribution in [0.25, 0.3) is 16.6 Å². The van der Waals surface area contributed by atoms with Crippen molar-refractivity contribution < 1.29 is 9.53 Å². The number of carbonyl (C=O) groups excluding carboxylic acids is 1. The molecule has 0 aliphatic heterocycles. The lowest BCUT2D eigenvalue weighted by atomic mass is 10.1. The van der Waals surface area contributed by atoms with Crippen LogP contribution in [-0.4, -0.2) is 38.7 Å². The number of fused-ring (bicyclic) bond motifs is 2. The monoisotopic (exact) mass is 363 g/mol. The molecule has 3 heterocycles. The zero-order valence-corrected chi connectivity index (χ0v) is 15.3. The van der Waals surface area contributed by atoms with Gasteiger partial charge in [-0.1, -0.05) is 6.07 Å². The lowest BCUT2D eigenvalue weighted by molar-refractivity contribution is 0.0954. The number of ether oxygens (including phenoxy) is 1. The summed E-state index contributed by atoms with van der Waals surface area (Å²) >= 11 is 0. The molecule has 0 aliphatic carbocycles. The highest BCUT2D eigenvalue weighted by Gasteiger charge is 2.14. The maximum Gasteiger partial charge on any atom is 0.253 e. The summed E-state index contributed by atoms with van der Waals surface area (Å²) in [6.07, 6.45) is 5.34. The van der Waals surface area contributed by atoms with Crippen molar-refractivity contribution >= 4 is 22.5 Å². The van der Waals surface area contributed by atoms with Crippen LogP contribution in [0.5, 0.6) is 5.75 Å². The van der Waals surface area contributed by atoms with Crippen molar-refractivity contribution in [3.63, 3.8) is 0 Å². The molecule has 3 aromatic heterocycles. The molecule has 0 radical (unpaired) electrons. The molecule has 0 aliphatic rings. The van der Waals surface area contributed by atoms with Crippen LogP contribution in [0, 0.1) is 0 Å². The van der Waals surface area contributed by atoms with Gasteiger partial charge in [0.2, 0.25) is 0 Å². The number of aromatic nitrogens is 4. The van der Waals surface area contributed by atoms with Gasteiger partial charge in [0.15, 0.2) is 5.65 Å². The number of rotatable bonds is 6. The molecular formula is C20H21N5O2. The smallest absolute Gasteiger partial charge is 0.253 e. The molecular weight excluding hydrogens is 342 g/mol. The van der Waals surface area contributed by atoms with Crippen LogP contribution in [0.1, 0.15) is 22.6 Å². The van der Waals surface area contributed by atoms with Crippen molar-refractivity contribution in [3.05, 3.63) is 60.2 Å². The number of aryl methyl sites for hydroxylation is 2.